The number of aliphatic hydroxyl groups is 1. The van der Waals surface area contributed by atoms with E-state index in [1.54, 1.807) is 6.92 Å². The number of aromatic nitrogens is 2. The summed E-state index contributed by atoms with van der Waals surface area (Å²) >= 11 is 0. The smallest absolute Gasteiger partial charge is 0.138 e. The molecule has 0 amide bonds. The summed E-state index contributed by atoms with van der Waals surface area (Å²) in [7, 11) is 0. The molecule has 4 heteroatoms. The van der Waals surface area contributed by atoms with Crippen molar-refractivity contribution in [2.24, 2.45) is 0 Å². The van der Waals surface area contributed by atoms with E-state index in [1.165, 1.54) is 0 Å². The number of hydrogen-bond acceptors (Lipinski definition) is 3. The number of rotatable bonds is 6. The van der Waals surface area contributed by atoms with Crippen LogP contribution in [0.4, 0.5) is 0 Å². The standard InChI is InChI=1S/C20H24N2O2/c1-14-8-6-9-15(2)19(14)24-13-7-12-22-18-11-5-4-10-17(18)21-20(22)16(3)23/h4-6,8-11,16,23H,7,12-13H2,1-3H3. The number of fused-ring (bicyclic) bond motifs is 1. The van der Waals surface area contributed by atoms with Crippen LogP contribution in [0, 0.1) is 13.8 Å². The number of para-hydroxylation sites is 3. The Bertz CT molecular complexity index is 817. The molecule has 1 heterocycles. The number of ether oxygens (including phenoxy) is 1. The summed E-state index contributed by atoms with van der Waals surface area (Å²) in [6.45, 7) is 7.29. The molecular weight excluding hydrogens is 300 g/mol. The largest absolute Gasteiger partial charge is 0.493 e. The number of imidazole rings is 1. The first-order valence-electron chi connectivity index (χ1n) is 8.40. The Kier molecular flexibility index (Phi) is 4.86. The van der Waals surface area contributed by atoms with E-state index in [-0.39, 0.29) is 0 Å². The highest BCUT2D eigenvalue weighted by atomic mass is 16.5. The summed E-state index contributed by atoms with van der Waals surface area (Å²) in [5.41, 5.74) is 4.30. The molecule has 1 unspecified atom stereocenters. The zero-order valence-electron chi connectivity index (χ0n) is 14.5. The van der Waals surface area contributed by atoms with Gasteiger partial charge in [-0.2, -0.15) is 0 Å². The van der Waals surface area contributed by atoms with Gasteiger partial charge in [-0.15, -0.1) is 0 Å². The van der Waals surface area contributed by atoms with Gasteiger partial charge in [0.1, 0.15) is 17.7 Å². The average molecular weight is 324 g/mol. The van der Waals surface area contributed by atoms with Gasteiger partial charge in [0.15, 0.2) is 0 Å². The van der Waals surface area contributed by atoms with E-state index in [1.807, 2.05) is 30.3 Å². The van der Waals surface area contributed by atoms with E-state index in [0.717, 1.165) is 40.9 Å². The van der Waals surface area contributed by atoms with Crippen molar-refractivity contribution in [1.82, 2.24) is 9.55 Å². The zero-order valence-corrected chi connectivity index (χ0v) is 14.5. The molecule has 3 aromatic rings. The van der Waals surface area contributed by atoms with Crippen molar-refractivity contribution in [2.45, 2.75) is 39.8 Å². The molecule has 2 aromatic carbocycles. The molecule has 0 saturated heterocycles. The Balaban J connectivity index is 1.71. The quantitative estimate of drug-likeness (QED) is 0.692. The summed E-state index contributed by atoms with van der Waals surface area (Å²) in [5.74, 6) is 1.69. The third-order valence-electron chi connectivity index (χ3n) is 4.24. The van der Waals surface area contributed by atoms with E-state index in [4.69, 9.17) is 4.74 Å². The van der Waals surface area contributed by atoms with Crippen molar-refractivity contribution in [3.63, 3.8) is 0 Å². The summed E-state index contributed by atoms with van der Waals surface area (Å²) in [6, 6.07) is 14.2. The Morgan fingerprint density at radius 2 is 1.79 bits per heavy atom. The lowest BCUT2D eigenvalue weighted by molar-refractivity contribution is 0.183. The average Bonchev–Trinajstić information content (AvgIpc) is 2.93. The molecule has 0 fully saturated rings. The van der Waals surface area contributed by atoms with Gasteiger partial charge in [-0.25, -0.2) is 4.98 Å². The van der Waals surface area contributed by atoms with Crippen molar-refractivity contribution in [3.8, 4) is 5.75 Å². The molecule has 0 aliphatic heterocycles. The number of hydrogen-bond donors (Lipinski definition) is 1. The maximum atomic E-state index is 10.00. The number of benzene rings is 2. The van der Waals surface area contributed by atoms with Gasteiger partial charge in [0, 0.05) is 6.54 Å². The highest BCUT2D eigenvalue weighted by Gasteiger charge is 2.14. The fraction of sp³-hybridized carbons (Fsp3) is 0.350. The third-order valence-corrected chi connectivity index (χ3v) is 4.24. The van der Waals surface area contributed by atoms with Crippen molar-refractivity contribution >= 4 is 11.0 Å². The van der Waals surface area contributed by atoms with Crippen LogP contribution in [0.15, 0.2) is 42.5 Å². The molecule has 0 aliphatic carbocycles. The molecule has 0 aliphatic rings. The Morgan fingerprint density at radius 1 is 1.08 bits per heavy atom. The molecule has 4 nitrogen and oxygen atoms in total. The lowest BCUT2D eigenvalue weighted by Crippen LogP contribution is -2.10. The fourth-order valence-corrected chi connectivity index (χ4v) is 3.07. The molecule has 1 N–H and O–H groups in total. The number of nitrogens with zero attached hydrogens (tertiary/aromatic N) is 2. The minimum Gasteiger partial charge on any atom is -0.493 e. The van der Waals surface area contributed by atoms with E-state index in [2.05, 4.69) is 35.5 Å². The van der Waals surface area contributed by atoms with Crippen LogP contribution in [-0.4, -0.2) is 21.3 Å². The lowest BCUT2D eigenvalue weighted by atomic mass is 10.1. The van der Waals surface area contributed by atoms with Crippen LogP contribution in [-0.2, 0) is 6.54 Å². The SMILES string of the molecule is Cc1cccc(C)c1OCCCn1c(C(C)O)nc2ccccc21. The second kappa shape index (κ2) is 7.05. The van der Waals surface area contributed by atoms with Gasteiger partial charge in [0.2, 0.25) is 0 Å². The third kappa shape index (κ3) is 3.29. The number of aryl methyl sites for hydroxylation is 3. The van der Waals surface area contributed by atoms with Crippen molar-refractivity contribution < 1.29 is 9.84 Å². The maximum absolute atomic E-state index is 10.00. The lowest BCUT2D eigenvalue weighted by Gasteiger charge is -2.14. The van der Waals surface area contributed by atoms with Gasteiger partial charge in [-0.3, -0.25) is 0 Å². The van der Waals surface area contributed by atoms with Crippen LogP contribution in [0.3, 0.4) is 0 Å². The first-order valence-corrected chi connectivity index (χ1v) is 8.40. The van der Waals surface area contributed by atoms with Gasteiger partial charge in [-0.05, 0) is 50.5 Å². The van der Waals surface area contributed by atoms with Crippen LogP contribution >= 0.6 is 0 Å². The zero-order chi connectivity index (χ0) is 17.1. The maximum Gasteiger partial charge on any atom is 0.138 e. The van der Waals surface area contributed by atoms with Crippen LogP contribution in [0.25, 0.3) is 11.0 Å². The van der Waals surface area contributed by atoms with Gasteiger partial charge in [0.05, 0.1) is 17.6 Å². The number of aliphatic hydroxyl groups excluding tert-OH is 1. The minimum absolute atomic E-state index is 0.586. The highest BCUT2D eigenvalue weighted by molar-refractivity contribution is 5.75. The Hall–Kier alpha value is -2.33. The molecule has 0 radical (unpaired) electrons. The molecule has 24 heavy (non-hydrogen) atoms. The molecule has 3 rings (SSSR count). The fourth-order valence-electron chi connectivity index (χ4n) is 3.07. The second-order valence-electron chi connectivity index (χ2n) is 6.21. The Morgan fingerprint density at radius 3 is 2.50 bits per heavy atom. The summed E-state index contributed by atoms with van der Waals surface area (Å²) in [4.78, 5) is 4.55. The van der Waals surface area contributed by atoms with Crippen LogP contribution < -0.4 is 4.74 Å². The van der Waals surface area contributed by atoms with Gasteiger partial charge in [-0.1, -0.05) is 30.3 Å². The van der Waals surface area contributed by atoms with E-state index >= 15 is 0 Å². The predicted molar refractivity (Wildman–Crippen MR) is 96.4 cm³/mol. The molecule has 1 atom stereocenters. The topological polar surface area (TPSA) is 47.3 Å². The normalized spacial score (nSPS) is 12.5. The molecule has 126 valence electrons. The Labute approximate surface area is 142 Å². The molecular formula is C20H24N2O2. The van der Waals surface area contributed by atoms with E-state index in [0.29, 0.717) is 12.4 Å². The van der Waals surface area contributed by atoms with Crippen molar-refractivity contribution in [3.05, 3.63) is 59.4 Å². The monoisotopic (exact) mass is 324 g/mol. The molecule has 1 aromatic heterocycles. The second-order valence-corrected chi connectivity index (χ2v) is 6.21. The van der Waals surface area contributed by atoms with Crippen molar-refractivity contribution in [1.29, 1.82) is 0 Å². The molecule has 0 saturated carbocycles. The van der Waals surface area contributed by atoms with E-state index < -0.39 is 6.10 Å². The first-order chi connectivity index (χ1) is 11.6. The molecule has 0 spiro atoms. The van der Waals surface area contributed by atoms with Crippen LogP contribution in [0.1, 0.15) is 36.4 Å². The first kappa shape index (κ1) is 16.5. The highest BCUT2D eigenvalue weighted by Crippen LogP contribution is 2.23. The summed E-state index contributed by atoms with van der Waals surface area (Å²) < 4.78 is 8.07. The van der Waals surface area contributed by atoms with Gasteiger partial charge in [0.25, 0.3) is 0 Å². The van der Waals surface area contributed by atoms with E-state index in [9.17, 15) is 5.11 Å². The van der Waals surface area contributed by atoms with Crippen LogP contribution in [0.2, 0.25) is 0 Å². The van der Waals surface area contributed by atoms with Crippen molar-refractivity contribution in [2.75, 3.05) is 6.61 Å². The summed E-state index contributed by atoms with van der Waals surface area (Å²) in [6.07, 6.45) is 0.269. The predicted octanol–water partition coefficient (Wildman–Crippen LogP) is 4.18. The summed E-state index contributed by atoms with van der Waals surface area (Å²) in [5, 5.41) is 10.00. The molecule has 0 bridgehead atoms. The minimum atomic E-state index is -0.586. The van der Waals surface area contributed by atoms with Gasteiger partial charge >= 0.3 is 0 Å². The van der Waals surface area contributed by atoms with Crippen LogP contribution in [0.5, 0.6) is 5.75 Å². The van der Waals surface area contributed by atoms with Gasteiger partial charge < -0.3 is 14.4 Å².